The Morgan fingerprint density at radius 2 is 1.43 bits per heavy atom. The number of carbonyl (C=O) groups is 2. The summed E-state index contributed by atoms with van der Waals surface area (Å²) >= 11 is 0. The van der Waals surface area contributed by atoms with Crippen LogP contribution in [0.15, 0.2) is 54.6 Å². The summed E-state index contributed by atoms with van der Waals surface area (Å²) in [5.41, 5.74) is 1.24. The first-order chi connectivity index (χ1) is 9.91. The van der Waals surface area contributed by atoms with Gasteiger partial charge in [0.05, 0.1) is 0 Å². The summed E-state index contributed by atoms with van der Waals surface area (Å²) in [4.78, 5) is 23.0. The molecule has 0 fully saturated rings. The standard InChI is InChI=1S/C17H17NO3/c1-17(2,16(20)21)15(19)18-14-10-8-13(9-11-14)12-6-4-3-5-7-12/h3-11H,1-2H3,(H,18,19)(H,20,21). The minimum Gasteiger partial charge on any atom is -0.480 e. The molecular formula is C17H17NO3. The summed E-state index contributed by atoms with van der Waals surface area (Å²) in [6.07, 6.45) is 0. The van der Waals surface area contributed by atoms with Gasteiger partial charge in [0.15, 0.2) is 0 Å². The SMILES string of the molecule is CC(C)(C(=O)O)C(=O)Nc1ccc(-c2ccccc2)cc1. The normalized spacial score (nSPS) is 11.0. The van der Waals surface area contributed by atoms with Crippen LogP contribution in [0.1, 0.15) is 13.8 Å². The van der Waals surface area contributed by atoms with Crippen molar-refractivity contribution in [3.63, 3.8) is 0 Å². The van der Waals surface area contributed by atoms with Gasteiger partial charge in [0, 0.05) is 5.69 Å². The fourth-order valence-corrected chi connectivity index (χ4v) is 1.76. The molecule has 0 aromatic heterocycles. The third kappa shape index (κ3) is 3.28. The van der Waals surface area contributed by atoms with Gasteiger partial charge in [-0.15, -0.1) is 0 Å². The number of anilines is 1. The molecule has 0 atom stereocenters. The van der Waals surface area contributed by atoms with E-state index in [1.54, 1.807) is 12.1 Å². The number of nitrogens with one attached hydrogen (secondary N) is 1. The molecular weight excluding hydrogens is 266 g/mol. The minimum atomic E-state index is -1.46. The molecule has 0 aliphatic heterocycles. The van der Waals surface area contributed by atoms with E-state index in [1.807, 2.05) is 42.5 Å². The van der Waals surface area contributed by atoms with Gasteiger partial charge in [0.25, 0.3) is 0 Å². The molecule has 4 heteroatoms. The zero-order valence-electron chi connectivity index (χ0n) is 12.0. The van der Waals surface area contributed by atoms with Crippen LogP contribution in [0.5, 0.6) is 0 Å². The lowest BCUT2D eigenvalue weighted by atomic mass is 9.92. The maximum absolute atomic E-state index is 11.9. The highest BCUT2D eigenvalue weighted by atomic mass is 16.4. The first kappa shape index (κ1) is 14.8. The highest BCUT2D eigenvalue weighted by Crippen LogP contribution is 2.23. The van der Waals surface area contributed by atoms with Crippen molar-refractivity contribution in [3.05, 3.63) is 54.6 Å². The van der Waals surface area contributed by atoms with E-state index in [0.717, 1.165) is 11.1 Å². The van der Waals surface area contributed by atoms with Crippen molar-refractivity contribution < 1.29 is 14.7 Å². The Kier molecular flexibility index (Phi) is 4.08. The van der Waals surface area contributed by atoms with Crippen LogP contribution in [-0.2, 0) is 9.59 Å². The monoisotopic (exact) mass is 283 g/mol. The highest BCUT2D eigenvalue weighted by molar-refractivity contribution is 6.07. The summed E-state index contributed by atoms with van der Waals surface area (Å²) < 4.78 is 0. The molecule has 0 spiro atoms. The molecule has 0 saturated carbocycles. The van der Waals surface area contributed by atoms with Gasteiger partial charge < -0.3 is 10.4 Å². The van der Waals surface area contributed by atoms with E-state index in [2.05, 4.69) is 5.32 Å². The van der Waals surface area contributed by atoms with Crippen molar-refractivity contribution in [1.82, 2.24) is 0 Å². The number of hydrogen-bond acceptors (Lipinski definition) is 2. The van der Waals surface area contributed by atoms with E-state index in [0.29, 0.717) is 5.69 Å². The fourth-order valence-electron chi connectivity index (χ4n) is 1.76. The molecule has 1 amide bonds. The summed E-state index contributed by atoms with van der Waals surface area (Å²) in [5.74, 6) is -1.69. The number of hydrogen-bond donors (Lipinski definition) is 2. The van der Waals surface area contributed by atoms with Crippen molar-refractivity contribution in [2.75, 3.05) is 5.32 Å². The molecule has 2 aromatic carbocycles. The first-order valence-electron chi connectivity index (χ1n) is 6.61. The van der Waals surface area contributed by atoms with Gasteiger partial charge in [0.1, 0.15) is 5.41 Å². The first-order valence-corrected chi connectivity index (χ1v) is 6.61. The number of amides is 1. The molecule has 0 aliphatic carbocycles. The van der Waals surface area contributed by atoms with Gasteiger partial charge >= 0.3 is 5.97 Å². The summed E-state index contributed by atoms with van der Waals surface area (Å²) in [6.45, 7) is 2.76. The highest BCUT2D eigenvalue weighted by Gasteiger charge is 2.35. The van der Waals surface area contributed by atoms with Crippen LogP contribution < -0.4 is 5.32 Å². The second-order valence-electron chi connectivity index (χ2n) is 5.33. The molecule has 2 N–H and O–H groups in total. The van der Waals surface area contributed by atoms with E-state index >= 15 is 0 Å². The number of carbonyl (C=O) groups excluding carboxylic acids is 1. The average Bonchev–Trinajstić information content (AvgIpc) is 2.48. The number of carboxylic acid groups (broad SMARTS) is 1. The van der Waals surface area contributed by atoms with E-state index in [9.17, 15) is 9.59 Å². The summed E-state index contributed by atoms with van der Waals surface area (Å²) in [5, 5.41) is 11.6. The van der Waals surface area contributed by atoms with E-state index in [1.165, 1.54) is 13.8 Å². The molecule has 0 saturated heterocycles. The summed E-state index contributed by atoms with van der Waals surface area (Å²) in [7, 11) is 0. The summed E-state index contributed by atoms with van der Waals surface area (Å²) in [6, 6.07) is 17.2. The maximum Gasteiger partial charge on any atom is 0.318 e. The van der Waals surface area contributed by atoms with Crippen LogP contribution in [0.25, 0.3) is 11.1 Å². The van der Waals surface area contributed by atoms with Gasteiger partial charge in [-0.25, -0.2) is 0 Å². The zero-order chi connectivity index (χ0) is 15.5. The third-order valence-corrected chi connectivity index (χ3v) is 3.35. The lowest BCUT2D eigenvalue weighted by Crippen LogP contribution is -2.37. The molecule has 2 aromatic rings. The van der Waals surface area contributed by atoms with Gasteiger partial charge in [-0.05, 0) is 37.1 Å². The van der Waals surface area contributed by atoms with Crippen LogP contribution in [0.2, 0.25) is 0 Å². The Labute approximate surface area is 123 Å². The molecule has 108 valence electrons. The quantitative estimate of drug-likeness (QED) is 0.845. The van der Waals surface area contributed by atoms with Crippen molar-refractivity contribution in [2.45, 2.75) is 13.8 Å². The number of carboxylic acids is 1. The van der Waals surface area contributed by atoms with E-state index in [4.69, 9.17) is 5.11 Å². The Hall–Kier alpha value is -2.62. The molecule has 0 heterocycles. The second kappa shape index (κ2) is 5.79. The Bertz CT molecular complexity index is 645. The molecule has 0 unspecified atom stereocenters. The average molecular weight is 283 g/mol. The largest absolute Gasteiger partial charge is 0.480 e. The van der Waals surface area contributed by atoms with E-state index < -0.39 is 17.3 Å². The predicted octanol–water partition coefficient (Wildman–Crippen LogP) is 3.40. The topological polar surface area (TPSA) is 66.4 Å². The lowest BCUT2D eigenvalue weighted by Gasteiger charge is -2.18. The lowest BCUT2D eigenvalue weighted by molar-refractivity contribution is -0.151. The van der Waals surface area contributed by atoms with Crippen LogP contribution >= 0.6 is 0 Å². The molecule has 0 aliphatic rings. The molecule has 2 rings (SSSR count). The van der Waals surface area contributed by atoms with Crippen LogP contribution in [0, 0.1) is 5.41 Å². The van der Waals surface area contributed by atoms with Gasteiger partial charge in [0.2, 0.25) is 5.91 Å². The molecule has 4 nitrogen and oxygen atoms in total. The third-order valence-electron chi connectivity index (χ3n) is 3.35. The Morgan fingerprint density at radius 3 is 1.95 bits per heavy atom. The Morgan fingerprint density at radius 1 is 0.905 bits per heavy atom. The van der Waals surface area contributed by atoms with Crippen molar-refractivity contribution >= 4 is 17.6 Å². The molecule has 0 radical (unpaired) electrons. The van der Waals surface area contributed by atoms with Gasteiger partial charge in [-0.2, -0.15) is 0 Å². The maximum atomic E-state index is 11.9. The molecule has 0 bridgehead atoms. The fraction of sp³-hybridized carbons (Fsp3) is 0.176. The zero-order valence-corrected chi connectivity index (χ0v) is 12.0. The van der Waals surface area contributed by atoms with Crippen LogP contribution in [0.3, 0.4) is 0 Å². The Balaban J connectivity index is 2.14. The second-order valence-corrected chi connectivity index (χ2v) is 5.33. The van der Waals surface area contributed by atoms with Gasteiger partial charge in [-0.3, -0.25) is 9.59 Å². The number of rotatable bonds is 4. The smallest absolute Gasteiger partial charge is 0.318 e. The molecule has 21 heavy (non-hydrogen) atoms. The number of benzene rings is 2. The van der Waals surface area contributed by atoms with Crippen LogP contribution in [-0.4, -0.2) is 17.0 Å². The van der Waals surface area contributed by atoms with Crippen molar-refractivity contribution in [3.8, 4) is 11.1 Å². The minimum absolute atomic E-state index is 0.539. The van der Waals surface area contributed by atoms with Crippen molar-refractivity contribution in [1.29, 1.82) is 0 Å². The predicted molar refractivity (Wildman–Crippen MR) is 81.9 cm³/mol. The number of aliphatic carboxylic acids is 1. The van der Waals surface area contributed by atoms with Crippen molar-refractivity contribution in [2.24, 2.45) is 5.41 Å². The van der Waals surface area contributed by atoms with Crippen LogP contribution in [0.4, 0.5) is 5.69 Å². The van der Waals surface area contributed by atoms with Gasteiger partial charge in [-0.1, -0.05) is 42.5 Å². The van der Waals surface area contributed by atoms with E-state index in [-0.39, 0.29) is 0 Å².